The third-order valence-corrected chi connectivity index (χ3v) is 6.25. The third-order valence-electron chi connectivity index (χ3n) is 3.91. The molecule has 132 valence electrons. The van der Waals surface area contributed by atoms with Crippen molar-refractivity contribution in [1.82, 2.24) is 14.6 Å². The fourth-order valence-corrected chi connectivity index (χ4v) is 4.47. The molecule has 0 bridgehead atoms. The summed E-state index contributed by atoms with van der Waals surface area (Å²) in [7, 11) is -3.69. The smallest absolute Gasteiger partial charge is 0.253 e. The monoisotopic (exact) mass is 377 g/mol. The van der Waals surface area contributed by atoms with Gasteiger partial charge < -0.3 is 4.90 Å². The molecule has 0 radical (unpaired) electrons. The summed E-state index contributed by atoms with van der Waals surface area (Å²) in [6, 6.07) is 9.70. The van der Waals surface area contributed by atoms with Crippen LogP contribution in [0.5, 0.6) is 0 Å². The summed E-state index contributed by atoms with van der Waals surface area (Å²) in [5.41, 5.74) is 1.22. The number of carbonyl (C=O) groups excluding carboxylic acids is 1. The molecule has 1 N–H and O–H groups in total. The number of hydrogen-bond donors (Lipinski definition) is 1. The topological polar surface area (TPSA) is 79.4 Å². The summed E-state index contributed by atoms with van der Waals surface area (Å²) < 4.78 is 27.6. The zero-order valence-electron chi connectivity index (χ0n) is 13.6. The molecule has 2 heterocycles. The third kappa shape index (κ3) is 4.59. The lowest BCUT2D eigenvalue weighted by Crippen LogP contribution is -2.38. The van der Waals surface area contributed by atoms with Crippen molar-refractivity contribution in [2.45, 2.75) is 11.4 Å². The van der Waals surface area contributed by atoms with Gasteiger partial charge in [0, 0.05) is 49.1 Å². The molecule has 8 heteroatoms. The minimum absolute atomic E-state index is 0.0961. The number of nitrogens with zero attached hydrogens (tertiary/aromatic N) is 2. The molecule has 0 aliphatic carbocycles. The van der Waals surface area contributed by atoms with Crippen molar-refractivity contribution < 1.29 is 13.2 Å². The molecule has 0 unspecified atom stereocenters. The number of amides is 1. The van der Waals surface area contributed by atoms with Crippen LogP contribution < -0.4 is 4.72 Å². The summed E-state index contributed by atoms with van der Waals surface area (Å²) >= 11 is 1.82. The van der Waals surface area contributed by atoms with E-state index in [1.54, 1.807) is 41.6 Å². The number of nitrogens with one attached hydrogen (secondary N) is 1. The number of sulfonamides is 1. The summed E-state index contributed by atoms with van der Waals surface area (Å²) in [4.78, 5) is 18.3. The summed E-state index contributed by atoms with van der Waals surface area (Å²) in [5, 5.41) is 0. The fourth-order valence-electron chi connectivity index (χ4n) is 2.51. The van der Waals surface area contributed by atoms with E-state index >= 15 is 0 Å². The summed E-state index contributed by atoms with van der Waals surface area (Å²) in [5.74, 6) is 1.71. The molecule has 1 amide bonds. The van der Waals surface area contributed by atoms with E-state index in [9.17, 15) is 13.2 Å². The van der Waals surface area contributed by atoms with Gasteiger partial charge in [-0.15, -0.1) is 0 Å². The Morgan fingerprint density at radius 1 is 1.16 bits per heavy atom. The maximum Gasteiger partial charge on any atom is 0.253 e. The van der Waals surface area contributed by atoms with E-state index in [0.29, 0.717) is 18.7 Å². The fraction of sp³-hybridized carbons (Fsp3) is 0.294. The Labute approximate surface area is 151 Å². The zero-order chi connectivity index (χ0) is 17.7. The second-order valence-corrected chi connectivity index (χ2v) is 8.60. The first kappa shape index (κ1) is 17.9. The SMILES string of the molecule is O=C(c1cccc(S(=O)(=O)NCc2ccncc2)c1)N1CCSCC1. The van der Waals surface area contributed by atoms with E-state index in [4.69, 9.17) is 0 Å². The molecular weight excluding hydrogens is 358 g/mol. The van der Waals surface area contributed by atoms with Crippen molar-refractivity contribution in [2.24, 2.45) is 0 Å². The van der Waals surface area contributed by atoms with Gasteiger partial charge in [0.05, 0.1) is 4.90 Å². The Bertz CT molecular complexity index is 835. The van der Waals surface area contributed by atoms with Crippen molar-refractivity contribution in [1.29, 1.82) is 0 Å². The van der Waals surface area contributed by atoms with Gasteiger partial charge in [-0.2, -0.15) is 11.8 Å². The van der Waals surface area contributed by atoms with Gasteiger partial charge in [-0.3, -0.25) is 9.78 Å². The van der Waals surface area contributed by atoms with Gasteiger partial charge in [-0.1, -0.05) is 6.07 Å². The Hall–Kier alpha value is -1.90. The molecule has 6 nitrogen and oxygen atoms in total. The number of benzene rings is 1. The highest BCUT2D eigenvalue weighted by Crippen LogP contribution is 2.16. The summed E-state index contributed by atoms with van der Waals surface area (Å²) in [6.45, 7) is 1.56. The molecule has 0 spiro atoms. The summed E-state index contributed by atoms with van der Waals surface area (Å²) in [6.07, 6.45) is 3.22. The van der Waals surface area contributed by atoms with Gasteiger partial charge in [-0.05, 0) is 35.9 Å². The second kappa shape index (κ2) is 7.99. The largest absolute Gasteiger partial charge is 0.337 e. The van der Waals surface area contributed by atoms with Crippen LogP contribution in [-0.2, 0) is 16.6 Å². The van der Waals surface area contributed by atoms with Crippen molar-refractivity contribution in [3.05, 3.63) is 59.9 Å². The van der Waals surface area contributed by atoms with Gasteiger partial charge in [-0.25, -0.2) is 13.1 Å². The van der Waals surface area contributed by atoms with E-state index in [-0.39, 0.29) is 17.3 Å². The molecule has 3 rings (SSSR count). The van der Waals surface area contributed by atoms with Gasteiger partial charge in [0.1, 0.15) is 0 Å². The molecule has 0 saturated carbocycles. The minimum Gasteiger partial charge on any atom is -0.337 e. The zero-order valence-corrected chi connectivity index (χ0v) is 15.2. The highest BCUT2D eigenvalue weighted by Gasteiger charge is 2.21. The Kier molecular flexibility index (Phi) is 5.72. The van der Waals surface area contributed by atoms with Crippen LogP contribution in [0.3, 0.4) is 0 Å². The number of hydrogen-bond acceptors (Lipinski definition) is 5. The Morgan fingerprint density at radius 3 is 2.60 bits per heavy atom. The van der Waals surface area contributed by atoms with E-state index in [0.717, 1.165) is 17.1 Å². The van der Waals surface area contributed by atoms with Crippen LogP contribution in [0.1, 0.15) is 15.9 Å². The quantitative estimate of drug-likeness (QED) is 0.859. The van der Waals surface area contributed by atoms with E-state index in [1.807, 2.05) is 11.8 Å². The number of pyridine rings is 1. The van der Waals surface area contributed by atoms with E-state index in [1.165, 1.54) is 12.1 Å². The highest BCUT2D eigenvalue weighted by atomic mass is 32.2. The van der Waals surface area contributed by atoms with Crippen LogP contribution in [0.25, 0.3) is 0 Å². The van der Waals surface area contributed by atoms with Gasteiger partial charge in [0.15, 0.2) is 0 Å². The first-order valence-electron chi connectivity index (χ1n) is 7.92. The Morgan fingerprint density at radius 2 is 1.88 bits per heavy atom. The maximum atomic E-state index is 12.6. The van der Waals surface area contributed by atoms with Crippen LogP contribution in [-0.4, -0.2) is 48.8 Å². The first-order valence-corrected chi connectivity index (χ1v) is 10.6. The normalized spacial score (nSPS) is 15.1. The minimum atomic E-state index is -3.69. The predicted molar refractivity (Wildman–Crippen MR) is 97.9 cm³/mol. The number of aromatic nitrogens is 1. The molecule has 1 fully saturated rings. The van der Waals surface area contributed by atoms with Crippen molar-refractivity contribution >= 4 is 27.7 Å². The number of thioether (sulfide) groups is 1. The van der Waals surface area contributed by atoms with Crippen molar-refractivity contribution in [3.63, 3.8) is 0 Å². The average Bonchev–Trinajstić information content (AvgIpc) is 2.67. The van der Waals surface area contributed by atoms with Crippen molar-refractivity contribution in [3.8, 4) is 0 Å². The molecule has 1 aromatic heterocycles. The maximum absolute atomic E-state index is 12.6. The lowest BCUT2D eigenvalue weighted by molar-refractivity contribution is 0.0772. The number of carbonyl (C=O) groups is 1. The van der Waals surface area contributed by atoms with Crippen LogP contribution in [0.15, 0.2) is 53.7 Å². The van der Waals surface area contributed by atoms with Gasteiger partial charge in [0.25, 0.3) is 5.91 Å². The molecule has 0 atom stereocenters. The molecule has 1 aliphatic rings. The van der Waals surface area contributed by atoms with Crippen molar-refractivity contribution in [2.75, 3.05) is 24.6 Å². The van der Waals surface area contributed by atoms with Crippen LogP contribution in [0, 0.1) is 0 Å². The molecule has 1 aliphatic heterocycles. The van der Waals surface area contributed by atoms with Gasteiger partial charge >= 0.3 is 0 Å². The van der Waals surface area contributed by atoms with E-state index < -0.39 is 10.0 Å². The first-order chi connectivity index (χ1) is 12.1. The van der Waals surface area contributed by atoms with Crippen LogP contribution in [0.2, 0.25) is 0 Å². The van der Waals surface area contributed by atoms with Gasteiger partial charge in [0.2, 0.25) is 10.0 Å². The second-order valence-electron chi connectivity index (χ2n) is 5.61. The van der Waals surface area contributed by atoms with E-state index in [2.05, 4.69) is 9.71 Å². The lowest BCUT2D eigenvalue weighted by atomic mass is 10.2. The van der Waals surface area contributed by atoms with Crippen LogP contribution in [0.4, 0.5) is 0 Å². The molecule has 2 aromatic rings. The lowest BCUT2D eigenvalue weighted by Gasteiger charge is -2.26. The number of rotatable bonds is 5. The Balaban J connectivity index is 1.74. The molecule has 1 saturated heterocycles. The van der Waals surface area contributed by atoms with Crippen LogP contribution >= 0.6 is 11.8 Å². The average molecular weight is 377 g/mol. The molecular formula is C17H19N3O3S2. The predicted octanol–water partition coefficient (Wildman–Crippen LogP) is 1.75. The highest BCUT2D eigenvalue weighted by molar-refractivity contribution is 7.99. The standard InChI is InChI=1S/C17H19N3O3S2/c21-17(20-8-10-24-11-9-20)15-2-1-3-16(12-15)25(22,23)19-13-14-4-6-18-7-5-14/h1-7,12,19H,8-11,13H2. The molecule has 1 aromatic carbocycles. The molecule has 25 heavy (non-hydrogen) atoms.